The van der Waals surface area contributed by atoms with E-state index in [1.54, 1.807) is 6.92 Å². The number of aliphatic hydroxyl groups excluding tert-OH is 1. The van der Waals surface area contributed by atoms with Gasteiger partial charge in [-0.15, -0.1) is 0 Å². The van der Waals surface area contributed by atoms with E-state index in [1.165, 1.54) is 0 Å². The van der Waals surface area contributed by atoms with Gasteiger partial charge in [0.2, 0.25) is 0 Å². The smallest absolute Gasteiger partial charge is 0.134 e. The highest BCUT2D eigenvalue weighted by Gasteiger charge is 2.10. The van der Waals surface area contributed by atoms with E-state index in [9.17, 15) is 5.11 Å². The van der Waals surface area contributed by atoms with Crippen LogP contribution in [0.4, 0.5) is 0 Å². The lowest BCUT2D eigenvalue weighted by atomic mass is 10.1. The molecule has 1 unspecified atom stereocenters. The summed E-state index contributed by atoms with van der Waals surface area (Å²) in [5.74, 6) is 1.42. The van der Waals surface area contributed by atoms with E-state index >= 15 is 0 Å². The Kier molecular flexibility index (Phi) is 3.82. The highest BCUT2D eigenvalue weighted by molar-refractivity contribution is 9.10. The minimum Gasteiger partial charge on any atom is -0.457 e. The molecule has 1 atom stereocenters. The van der Waals surface area contributed by atoms with E-state index in [2.05, 4.69) is 15.9 Å². The Hall–Kier alpha value is -1.32. The van der Waals surface area contributed by atoms with Crippen molar-refractivity contribution < 1.29 is 9.84 Å². The number of hydrogen-bond acceptors (Lipinski definition) is 2. The summed E-state index contributed by atoms with van der Waals surface area (Å²) >= 11 is 3.40. The molecule has 3 heteroatoms. The number of rotatable bonds is 3. The van der Waals surface area contributed by atoms with E-state index in [0.29, 0.717) is 5.75 Å². The zero-order valence-electron chi connectivity index (χ0n) is 9.43. The van der Waals surface area contributed by atoms with Crippen molar-refractivity contribution in [3.63, 3.8) is 0 Å². The zero-order valence-corrected chi connectivity index (χ0v) is 11.0. The molecule has 0 fully saturated rings. The van der Waals surface area contributed by atoms with Crippen molar-refractivity contribution in [3.8, 4) is 11.5 Å². The second-order valence-corrected chi connectivity index (χ2v) is 4.69. The highest BCUT2D eigenvalue weighted by Crippen LogP contribution is 2.32. The first-order chi connectivity index (χ1) is 8.16. The minimum atomic E-state index is -0.554. The van der Waals surface area contributed by atoms with Crippen LogP contribution in [0.2, 0.25) is 0 Å². The first-order valence-electron chi connectivity index (χ1n) is 5.37. The van der Waals surface area contributed by atoms with E-state index in [-0.39, 0.29) is 0 Å². The molecule has 0 saturated heterocycles. The maximum Gasteiger partial charge on any atom is 0.134 e. The van der Waals surface area contributed by atoms with Crippen molar-refractivity contribution in [3.05, 3.63) is 58.6 Å². The first kappa shape index (κ1) is 12.1. The van der Waals surface area contributed by atoms with Crippen LogP contribution in [0.3, 0.4) is 0 Å². The van der Waals surface area contributed by atoms with Crippen LogP contribution in [-0.4, -0.2) is 5.11 Å². The molecule has 2 aromatic carbocycles. The number of para-hydroxylation sites is 1. The Labute approximate surface area is 109 Å². The van der Waals surface area contributed by atoms with E-state index in [0.717, 1.165) is 15.8 Å². The highest BCUT2D eigenvalue weighted by atomic mass is 79.9. The second-order valence-electron chi connectivity index (χ2n) is 3.77. The fourth-order valence-corrected chi connectivity index (χ4v) is 1.90. The molecule has 0 aliphatic rings. The van der Waals surface area contributed by atoms with E-state index in [1.807, 2.05) is 48.5 Å². The van der Waals surface area contributed by atoms with Crippen molar-refractivity contribution in [1.29, 1.82) is 0 Å². The molecule has 0 saturated carbocycles. The molecule has 17 heavy (non-hydrogen) atoms. The summed E-state index contributed by atoms with van der Waals surface area (Å²) in [6, 6.07) is 15.1. The van der Waals surface area contributed by atoms with Gasteiger partial charge in [0.25, 0.3) is 0 Å². The van der Waals surface area contributed by atoms with Gasteiger partial charge in [-0.05, 0) is 31.2 Å². The summed E-state index contributed by atoms with van der Waals surface area (Å²) in [6.45, 7) is 1.72. The number of ether oxygens (including phenoxy) is 1. The van der Waals surface area contributed by atoms with Gasteiger partial charge in [0.15, 0.2) is 0 Å². The fourth-order valence-electron chi connectivity index (χ4n) is 1.56. The maximum atomic E-state index is 9.68. The summed E-state index contributed by atoms with van der Waals surface area (Å²) in [5.41, 5.74) is 0.775. The first-order valence-corrected chi connectivity index (χ1v) is 6.16. The molecule has 2 aromatic rings. The zero-order chi connectivity index (χ0) is 12.3. The molecule has 0 aliphatic heterocycles. The molecular weight excluding hydrogens is 280 g/mol. The Morgan fingerprint density at radius 3 is 2.47 bits per heavy atom. The average molecular weight is 293 g/mol. The van der Waals surface area contributed by atoms with Gasteiger partial charge in [-0.25, -0.2) is 0 Å². The molecule has 88 valence electrons. The summed E-state index contributed by atoms with van der Waals surface area (Å²) in [7, 11) is 0. The van der Waals surface area contributed by atoms with Crippen LogP contribution in [0.15, 0.2) is 53.0 Å². The molecule has 2 rings (SSSR count). The molecule has 0 aliphatic carbocycles. The molecule has 0 heterocycles. The van der Waals surface area contributed by atoms with Gasteiger partial charge < -0.3 is 9.84 Å². The molecule has 0 aromatic heterocycles. The van der Waals surface area contributed by atoms with Gasteiger partial charge in [0.1, 0.15) is 11.5 Å². The molecule has 1 N–H and O–H groups in total. The van der Waals surface area contributed by atoms with Crippen molar-refractivity contribution >= 4 is 15.9 Å². The molecular formula is C14H13BrO2. The van der Waals surface area contributed by atoms with Crippen LogP contribution < -0.4 is 4.74 Å². The molecule has 2 nitrogen and oxygen atoms in total. The lowest BCUT2D eigenvalue weighted by molar-refractivity contribution is 0.195. The monoisotopic (exact) mass is 292 g/mol. The van der Waals surface area contributed by atoms with E-state index < -0.39 is 6.10 Å². The Balaban J connectivity index is 2.34. The number of halogens is 1. The molecule has 0 spiro atoms. The van der Waals surface area contributed by atoms with Gasteiger partial charge in [-0.1, -0.05) is 40.2 Å². The van der Waals surface area contributed by atoms with Crippen molar-refractivity contribution in [1.82, 2.24) is 0 Å². The fraction of sp³-hybridized carbons (Fsp3) is 0.143. The van der Waals surface area contributed by atoms with Crippen molar-refractivity contribution in [2.75, 3.05) is 0 Å². The van der Waals surface area contributed by atoms with Crippen molar-refractivity contribution in [2.45, 2.75) is 13.0 Å². The molecule has 0 bridgehead atoms. The third-order valence-corrected chi connectivity index (χ3v) is 2.89. The Morgan fingerprint density at radius 2 is 1.82 bits per heavy atom. The summed E-state index contributed by atoms with van der Waals surface area (Å²) in [5, 5.41) is 9.68. The quantitative estimate of drug-likeness (QED) is 0.914. The maximum absolute atomic E-state index is 9.68. The molecule has 0 amide bonds. The second kappa shape index (κ2) is 5.34. The molecule has 0 radical (unpaired) electrons. The Bertz CT molecular complexity index is 495. The van der Waals surface area contributed by atoms with E-state index in [4.69, 9.17) is 4.74 Å². The van der Waals surface area contributed by atoms with Gasteiger partial charge in [-0.2, -0.15) is 0 Å². The van der Waals surface area contributed by atoms with Crippen molar-refractivity contribution in [2.24, 2.45) is 0 Å². The number of hydrogen-bond donors (Lipinski definition) is 1. The van der Waals surface area contributed by atoms with Gasteiger partial charge >= 0.3 is 0 Å². The summed E-state index contributed by atoms with van der Waals surface area (Å²) in [6.07, 6.45) is -0.554. The Morgan fingerprint density at radius 1 is 1.12 bits per heavy atom. The predicted molar refractivity (Wildman–Crippen MR) is 71.3 cm³/mol. The third kappa shape index (κ3) is 3.08. The summed E-state index contributed by atoms with van der Waals surface area (Å²) < 4.78 is 6.69. The van der Waals surface area contributed by atoms with Crippen LogP contribution in [0.5, 0.6) is 11.5 Å². The standard InChI is InChI=1S/C14H13BrO2/c1-10(16)13-8-7-11(15)9-14(13)17-12-5-3-2-4-6-12/h2-10,16H,1H3. The SMILES string of the molecule is CC(O)c1ccc(Br)cc1Oc1ccccc1. The predicted octanol–water partition coefficient (Wildman–Crippen LogP) is 4.29. The van der Waals surface area contributed by atoms with Gasteiger partial charge in [0.05, 0.1) is 6.10 Å². The number of aliphatic hydroxyl groups is 1. The third-order valence-electron chi connectivity index (χ3n) is 2.40. The normalized spacial score (nSPS) is 12.2. The van der Waals surface area contributed by atoms with Crippen LogP contribution in [-0.2, 0) is 0 Å². The largest absolute Gasteiger partial charge is 0.457 e. The van der Waals surface area contributed by atoms with Crippen LogP contribution >= 0.6 is 15.9 Å². The summed E-state index contributed by atoms with van der Waals surface area (Å²) in [4.78, 5) is 0. The lowest BCUT2D eigenvalue weighted by Gasteiger charge is -2.13. The average Bonchev–Trinajstić information content (AvgIpc) is 2.30. The van der Waals surface area contributed by atoms with Crippen LogP contribution in [0.1, 0.15) is 18.6 Å². The lowest BCUT2D eigenvalue weighted by Crippen LogP contribution is -1.96. The minimum absolute atomic E-state index is 0.554. The van der Waals surface area contributed by atoms with Crippen LogP contribution in [0.25, 0.3) is 0 Å². The topological polar surface area (TPSA) is 29.5 Å². The number of benzene rings is 2. The van der Waals surface area contributed by atoms with Gasteiger partial charge in [0, 0.05) is 10.0 Å². The van der Waals surface area contributed by atoms with Crippen LogP contribution in [0, 0.1) is 0 Å². The van der Waals surface area contributed by atoms with Gasteiger partial charge in [-0.3, -0.25) is 0 Å².